The third kappa shape index (κ3) is 3.46. The lowest BCUT2D eigenvalue weighted by atomic mass is 9.99. The second kappa shape index (κ2) is 7.45. The predicted molar refractivity (Wildman–Crippen MR) is 105 cm³/mol. The summed E-state index contributed by atoms with van der Waals surface area (Å²) in [5.41, 5.74) is 5.16. The molecule has 1 N–H and O–H groups in total. The van der Waals surface area contributed by atoms with Crippen LogP contribution in [0.1, 0.15) is 27.3 Å². The molecule has 0 aliphatic rings. The largest absolute Gasteiger partial charge is 0.355 e. The summed E-state index contributed by atoms with van der Waals surface area (Å²) < 4.78 is 2.11. The summed E-state index contributed by atoms with van der Waals surface area (Å²) in [5, 5.41) is 13.6. The van der Waals surface area contributed by atoms with E-state index in [9.17, 15) is 14.9 Å². The number of amides is 1. The van der Waals surface area contributed by atoms with Gasteiger partial charge in [-0.2, -0.15) is 0 Å². The van der Waals surface area contributed by atoms with E-state index in [1.807, 2.05) is 44.2 Å². The molecule has 0 atom stereocenters. The van der Waals surface area contributed by atoms with Crippen LogP contribution in [0.15, 0.2) is 54.6 Å². The molecule has 0 bridgehead atoms. The molecule has 1 heterocycles. The van der Waals surface area contributed by atoms with Crippen molar-refractivity contribution in [2.75, 3.05) is 7.05 Å². The zero-order chi connectivity index (χ0) is 19.6. The van der Waals surface area contributed by atoms with E-state index in [1.54, 1.807) is 19.2 Å². The maximum atomic E-state index is 12.6. The lowest BCUT2D eigenvalue weighted by molar-refractivity contribution is -0.384. The number of nitro benzene ring substituents is 1. The molecule has 138 valence electrons. The highest BCUT2D eigenvalue weighted by Gasteiger charge is 2.24. The van der Waals surface area contributed by atoms with Crippen LogP contribution in [-0.2, 0) is 6.54 Å². The minimum Gasteiger partial charge on any atom is -0.355 e. The number of carbonyl (C=O) groups is 1. The van der Waals surface area contributed by atoms with Crippen molar-refractivity contribution >= 4 is 11.6 Å². The molecule has 3 aromatic rings. The molecule has 0 radical (unpaired) electrons. The van der Waals surface area contributed by atoms with E-state index in [0.29, 0.717) is 12.1 Å². The van der Waals surface area contributed by atoms with Gasteiger partial charge in [0.1, 0.15) is 0 Å². The fraction of sp³-hybridized carbons (Fsp3) is 0.190. The SMILES string of the molecule is CNC(=O)c1c(-c2ccc([N+](=O)[O-])cc2)c(C)n(Cc2ccccc2)c1C. The first kappa shape index (κ1) is 18.4. The molecular weight excluding hydrogens is 342 g/mol. The first-order valence-electron chi connectivity index (χ1n) is 8.64. The molecule has 0 saturated carbocycles. The number of nitrogens with zero attached hydrogens (tertiary/aromatic N) is 2. The summed E-state index contributed by atoms with van der Waals surface area (Å²) in [6.07, 6.45) is 0. The van der Waals surface area contributed by atoms with E-state index < -0.39 is 4.92 Å². The number of hydrogen-bond acceptors (Lipinski definition) is 3. The van der Waals surface area contributed by atoms with E-state index in [1.165, 1.54) is 12.1 Å². The summed E-state index contributed by atoms with van der Waals surface area (Å²) in [6.45, 7) is 4.55. The Balaban J connectivity index is 2.15. The van der Waals surface area contributed by atoms with Gasteiger partial charge in [0.05, 0.1) is 10.5 Å². The third-order valence-corrected chi connectivity index (χ3v) is 4.79. The molecule has 0 unspecified atom stereocenters. The predicted octanol–water partition coefficient (Wildman–Crippen LogP) is 4.09. The molecule has 3 rings (SSSR count). The second-order valence-electron chi connectivity index (χ2n) is 6.38. The van der Waals surface area contributed by atoms with Crippen LogP contribution in [0, 0.1) is 24.0 Å². The molecule has 0 aliphatic heterocycles. The molecule has 0 fully saturated rings. The van der Waals surface area contributed by atoms with Gasteiger partial charge < -0.3 is 9.88 Å². The van der Waals surface area contributed by atoms with Crippen molar-refractivity contribution in [2.24, 2.45) is 0 Å². The average molecular weight is 363 g/mol. The van der Waals surface area contributed by atoms with Gasteiger partial charge in [-0.15, -0.1) is 0 Å². The maximum absolute atomic E-state index is 12.6. The van der Waals surface area contributed by atoms with Crippen molar-refractivity contribution in [3.8, 4) is 11.1 Å². The Morgan fingerprint density at radius 1 is 1.04 bits per heavy atom. The molecule has 6 nitrogen and oxygen atoms in total. The number of non-ortho nitro benzene ring substituents is 1. The lowest BCUT2D eigenvalue weighted by Gasteiger charge is -2.10. The Morgan fingerprint density at radius 3 is 2.22 bits per heavy atom. The summed E-state index contributed by atoms with van der Waals surface area (Å²) >= 11 is 0. The summed E-state index contributed by atoms with van der Waals surface area (Å²) in [4.78, 5) is 23.1. The van der Waals surface area contributed by atoms with E-state index in [4.69, 9.17) is 0 Å². The van der Waals surface area contributed by atoms with Gasteiger partial charge in [0.25, 0.3) is 11.6 Å². The highest BCUT2D eigenvalue weighted by Crippen LogP contribution is 2.34. The number of hydrogen-bond donors (Lipinski definition) is 1. The monoisotopic (exact) mass is 363 g/mol. The zero-order valence-electron chi connectivity index (χ0n) is 15.5. The van der Waals surface area contributed by atoms with Crippen LogP contribution < -0.4 is 5.32 Å². The molecular formula is C21H21N3O3. The number of benzene rings is 2. The quantitative estimate of drug-likeness (QED) is 0.548. The van der Waals surface area contributed by atoms with Crippen LogP contribution >= 0.6 is 0 Å². The van der Waals surface area contributed by atoms with Crippen LogP contribution in [0.4, 0.5) is 5.69 Å². The van der Waals surface area contributed by atoms with Crippen molar-refractivity contribution < 1.29 is 9.72 Å². The first-order valence-corrected chi connectivity index (χ1v) is 8.64. The summed E-state index contributed by atoms with van der Waals surface area (Å²) in [5.74, 6) is -0.171. The Labute approximate surface area is 157 Å². The summed E-state index contributed by atoms with van der Waals surface area (Å²) in [6, 6.07) is 16.4. The smallest absolute Gasteiger partial charge is 0.269 e. The fourth-order valence-electron chi connectivity index (χ4n) is 3.39. The zero-order valence-corrected chi connectivity index (χ0v) is 15.5. The van der Waals surface area contributed by atoms with Crippen LogP contribution in [0.5, 0.6) is 0 Å². The number of carbonyl (C=O) groups excluding carboxylic acids is 1. The van der Waals surface area contributed by atoms with E-state index in [-0.39, 0.29) is 11.6 Å². The molecule has 27 heavy (non-hydrogen) atoms. The van der Waals surface area contributed by atoms with Gasteiger partial charge in [-0.1, -0.05) is 30.3 Å². The normalized spacial score (nSPS) is 10.6. The van der Waals surface area contributed by atoms with Crippen LogP contribution in [-0.4, -0.2) is 22.4 Å². The van der Waals surface area contributed by atoms with Crippen LogP contribution in [0.25, 0.3) is 11.1 Å². The second-order valence-corrected chi connectivity index (χ2v) is 6.38. The maximum Gasteiger partial charge on any atom is 0.269 e. The van der Waals surface area contributed by atoms with Gasteiger partial charge >= 0.3 is 0 Å². The van der Waals surface area contributed by atoms with Gasteiger partial charge in [-0.25, -0.2) is 0 Å². The van der Waals surface area contributed by atoms with Gasteiger partial charge in [-0.3, -0.25) is 14.9 Å². The number of aromatic nitrogens is 1. The Hall–Kier alpha value is -3.41. The van der Waals surface area contributed by atoms with Crippen molar-refractivity contribution in [1.82, 2.24) is 9.88 Å². The Kier molecular flexibility index (Phi) is 5.07. The molecule has 0 spiro atoms. The van der Waals surface area contributed by atoms with E-state index in [0.717, 1.165) is 28.1 Å². The molecule has 1 aromatic heterocycles. The van der Waals surface area contributed by atoms with Crippen LogP contribution in [0.3, 0.4) is 0 Å². The lowest BCUT2D eigenvalue weighted by Crippen LogP contribution is -2.19. The highest BCUT2D eigenvalue weighted by atomic mass is 16.6. The topological polar surface area (TPSA) is 77.2 Å². The van der Waals surface area contributed by atoms with Gasteiger partial charge in [0.15, 0.2) is 0 Å². The Morgan fingerprint density at radius 2 is 1.67 bits per heavy atom. The molecule has 0 aliphatic carbocycles. The number of rotatable bonds is 5. The van der Waals surface area contributed by atoms with Gasteiger partial charge in [-0.05, 0) is 37.1 Å². The average Bonchev–Trinajstić information content (AvgIpc) is 2.93. The molecule has 0 saturated heterocycles. The third-order valence-electron chi connectivity index (χ3n) is 4.79. The first-order chi connectivity index (χ1) is 12.9. The van der Waals surface area contributed by atoms with Crippen LogP contribution in [0.2, 0.25) is 0 Å². The molecule has 2 aromatic carbocycles. The number of nitro groups is 1. The molecule has 1 amide bonds. The number of nitrogens with one attached hydrogen (secondary N) is 1. The molecule has 6 heteroatoms. The van der Waals surface area contributed by atoms with Crippen molar-refractivity contribution in [3.63, 3.8) is 0 Å². The standard InChI is InChI=1S/C21H21N3O3/c1-14-19(17-9-11-18(12-10-17)24(26)27)20(21(25)22-3)15(2)23(14)13-16-7-5-4-6-8-16/h4-12H,13H2,1-3H3,(H,22,25). The van der Waals surface area contributed by atoms with E-state index >= 15 is 0 Å². The van der Waals surface area contributed by atoms with Gasteiger partial charge in [0, 0.05) is 42.7 Å². The Bertz CT molecular complexity index is 990. The van der Waals surface area contributed by atoms with E-state index in [2.05, 4.69) is 9.88 Å². The van der Waals surface area contributed by atoms with Crippen molar-refractivity contribution in [3.05, 3.63) is 87.2 Å². The van der Waals surface area contributed by atoms with Crippen molar-refractivity contribution in [2.45, 2.75) is 20.4 Å². The minimum absolute atomic E-state index is 0.0262. The minimum atomic E-state index is -0.428. The fourth-order valence-corrected chi connectivity index (χ4v) is 3.39. The van der Waals surface area contributed by atoms with Gasteiger partial charge in [0.2, 0.25) is 0 Å². The highest BCUT2D eigenvalue weighted by molar-refractivity contribution is 6.03. The van der Waals surface area contributed by atoms with Crippen molar-refractivity contribution in [1.29, 1.82) is 0 Å². The summed E-state index contributed by atoms with van der Waals surface area (Å²) in [7, 11) is 1.60.